The maximum Gasteiger partial charge on any atom is 0.244 e. The van der Waals surface area contributed by atoms with Crippen molar-refractivity contribution in [2.45, 2.75) is 64.2 Å². The number of H-pyrrole nitrogens is 1. The van der Waals surface area contributed by atoms with Crippen molar-refractivity contribution < 1.29 is 14.4 Å². The monoisotopic (exact) mass is 511 g/mol. The smallest absolute Gasteiger partial charge is 0.244 e. The Bertz CT molecular complexity index is 1100. The van der Waals surface area contributed by atoms with Crippen LogP contribution in [0.4, 0.5) is 5.69 Å². The molecule has 4 rings (SSSR count). The maximum atomic E-state index is 13.9. The Balaban J connectivity index is 1.49. The quantitative estimate of drug-likeness (QED) is 0.323. The highest BCUT2D eigenvalue weighted by Crippen LogP contribution is 2.39. The van der Waals surface area contributed by atoms with Crippen molar-refractivity contribution in [3.8, 4) is 0 Å². The van der Waals surface area contributed by atoms with Crippen LogP contribution in [0.5, 0.6) is 0 Å². The van der Waals surface area contributed by atoms with Crippen LogP contribution in [0.25, 0.3) is 0 Å². The summed E-state index contributed by atoms with van der Waals surface area (Å²) in [5, 5.41) is 23.0. The van der Waals surface area contributed by atoms with Crippen molar-refractivity contribution in [1.82, 2.24) is 41.5 Å². The molecule has 0 radical (unpaired) electrons. The lowest BCUT2D eigenvalue weighted by molar-refractivity contribution is -0.127. The van der Waals surface area contributed by atoms with Crippen LogP contribution < -0.4 is 20.9 Å². The molecule has 12 heteroatoms. The Hall–Kier alpha value is -3.38. The summed E-state index contributed by atoms with van der Waals surface area (Å²) in [7, 11) is 3.72. The molecule has 200 valence electrons. The Kier molecular flexibility index (Phi) is 8.49. The molecule has 3 heterocycles. The highest BCUT2D eigenvalue weighted by molar-refractivity contribution is 6.06. The topological polar surface area (TPSA) is 148 Å². The number of tetrazole rings is 1. The van der Waals surface area contributed by atoms with Crippen LogP contribution in [-0.4, -0.2) is 88.6 Å². The molecule has 1 aromatic heterocycles. The van der Waals surface area contributed by atoms with E-state index in [1.54, 1.807) is 4.90 Å². The zero-order valence-corrected chi connectivity index (χ0v) is 22.0. The molecule has 3 amide bonds. The van der Waals surface area contributed by atoms with Crippen LogP contribution in [0.3, 0.4) is 0 Å². The van der Waals surface area contributed by atoms with E-state index >= 15 is 0 Å². The van der Waals surface area contributed by atoms with Crippen LogP contribution in [-0.2, 0) is 33.8 Å². The minimum atomic E-state index is -0.650. The number of amides is 3. The number of nitrogens with zero attached hydrogens (tertiary/aromatic N) is 5. The number of para-hydroxylation sites is 1. The molecule has 1 aromatic carbocycles. The summed E-state index contributed by atoms with van der Waals surface area (Å²) in [5.74, 6) is 0.192. The van der Waals surface area contributed by atoms with E-state index in [-0.39, 0.29) is 36.2 Å². The van der Waals surface area contributed by atoms with Gasteiger partial charge in [-0.05, 0) is 44.0 Å². The molecule has 2 aromatic rings. The molecular formula is C25H37N9O3. The number of benzene rings is 1. The van der Waals surface area contributed by atoms with Gasteiger partial charge in [-0.2, -0.15) is 5.21 Å². The van der Waals surface area contributed by atoms with Crippen LogP contribution in [0, 0.1) is 5.92 Å². The van der Waals surface area contributed by atoms with Crippen molar-refractivity contribution in [2.24, 2.45) is 5.92 Å². The van der Waals surface area contributed by atoms with Gasteiger partial charge in [-0.25, -0.2) is 0 Å². The van der Waals surface area contributed by atoms with E-state index in [2.05, 4.69) is 50.4 Å². The summed E-state index contributed by atoms with van der Waals surface area (Å²) >= 11 is 0. The Morgan fingerprint density at radius 1 is 1.27 bits per heavy atom. The van der Waals surface area contributed by atoms with Crippen molar-refractivity contribution in [2.75, 3.05) is 32.1 Å². The number of carbonyl (C=O) groups excluding carboxylic acids is 3. The lowest BCUT2D eigenvalue weighted by atomic mass is 9.97. The zero-order valence-electron chi connectivity index (χ0n) is 22.0. The number of hydrogen-bond acceptors (Lipinski definition) is 8. The molecule has 0 unspecified atom stereocenters. The van der Waals surface area contributed by atoms with E-state index in [9.17, 15) is 14.4 Å². The summed E-state index contributed by atoms with van der Waals surface area (Å²) in [6.45, 7) is 5.09. The minimum Gasteiger partial charge on any atom is -0.351 e. The zero-order chi connectivity index (χ0) is 26.5. The van der Waals surface area contributed by atoms with Gasteiger partial charge in [0.2, 0.25) is 17.7 Å². The summed E-state index contributed by atoms with van der Waals surface area (Å²) in [5.41, 5.74) is 2.93. The van der Waals surface area contributed by atoms with Crippen LogP contribution >= 0.6 is 0 Å². The number of aromatic amines is 1. The first kappa shape index (κ1) is 26.7. The molecule has 2 aliphatic heterocycles. The average Bonchev–Trinajstić information content (AvgIpc) is 3.50. The Morgan fingerprint density at radius 2 is 2.05 bits per heavy atom. The van der Waals surface area contributed by atoms with E-state index in [4.69, 9.17) is 0 Å². The van der Waals surface area contributed by atoms with Crippen molar-refractivity contribution in [3.05, 3.63) is 35.2 Å². The van der Waals surface area contributed by atoms with E-state index in [0.29, 0.717) is 31.8 Å². The molecule has 0 saturated heterocycles. The minimum absolute atomic E-state index is 0.0424. The summed E-state index contributed by atoms with van der Waals surface area (Å²) in [6, 6.07) is 4.78. The molecule has 0 aliphatic carbocycles. The van der Waals surface area contributed by atoms with Gasteiger partial charge in [0.15, 0.2) is 5.82 Å². The predicted molar refractivity (Wildman–Crippen MR) is 137 cm³/mol. The van der Waals surface area contributed by atoms with E-state index < -0.39 is 12.1 Å². The number of nitrogens with one attached hydrogen (secondary N) is 4. The average molecular weight is 512 g/mol. The van der Waals surface area contributed by atoms with Crippen LogP contribution in [0.2, 0.25) is 0 Å². The van der Waals surface area contributed by atoms with Crippen molar-refractivity contribution in [3.63, 3.8) is 0 Å². The molecule has 0 spiro atoms. The first-order valence-electron chi connectivity index (χ1n) is 12.9. The first-order valence-corrected chi connectivity index (χ1v) is 12.9. The molecule has 0 bridgehead atoms. The largest absolute Gasteiger partial charge is 0.351 e. The lowest BCUT2D eigenvalue weighted by Gasteiger charge is -2.30. The van der Waals surface area contributed by atoms with Gasteiger partial charge in [0.25, 0.3) is 0 Å². The second-order valence-corrected chi connectivity index (χ2v) is 10.2. The number of aryl methyl sites for hydroxylation is 1. The fourth-order valence-electron chi connectivity index (χ4n) is 5.06. The third-order valence-corrected chi connectivity index (χ3v) is 7.24. The number of rotatable bonds is 11. The van der Waals surface area contributed by atoms with Crippen molar-refractivity contribution >= 4 is 23.4 Å². The molecule has 0 fully saturated rings. The van der Waals surface area contributed by atoms with Crippen LogP contribution in [0.1, 0.15) is 43.6 Å². The maximum absolute atomic E-state index is 13.9. The Labute approximate surface area is 216 Å². The van der Waals surface area contributed by atoms with E-state index in [0.717, 1.165) is 29.7 Å². The summed E-state index contributed by atoms with van der Waals surface area (Å²) in [6.07, 6.45) is 2.69. The SMILES string of the molecule is CC[C@H](C)[C@@H](CN[C@H]1CCc2cccc3c2N(C1=O)[C@H](C(=O)NCc1nn[nH]n1)C3)NC(=O)CN(C)C. The van der Waals surface area contributed by atoms with Gasteiger partial charge in [-0.1, -0.05) is 43.7 Å². The third-order valence-electron chi connectivity index (χ3n) is 7.24. The predicted octanol–water partition coefficient (Wildman–Crippen LogP) is -0.229. The second-order valence-electron chi connectivity index (χ2n) is 10.2. The van der Waals surface area contributed by atoms with Gasteiger partial charge in [0, 0.05) is 19.0 Å². The fourth-order valence-corrected chi connectivity index (χ4v) is 5.06. The van der Waals surface area contributed by atoms with Gasteiger partial charge in [0.1, 0.15) is 6.04 Å². The summed E-state index contributed by atoms with van der Waals surface area (Å²) in [4.78, 5) is 43.1. The molecular weight excluding hydrogens is 474 g/mol. The van der Waals surface area contributed by atoms with Gasteiger partial charge in [0.05, 0.1) is 24.8 Å². The molecule has 12 nitrogen and oxygen atoms in total. The number of carbonyl (C=O) groups is 3. The highest BCUT2D eigenvalue weighted by atomic mass is 16.2. The van der Waals surface area contributed by atoms with Gasteiger partial charge in [-0.3, -0.25) is 19.3 Å². The highest BCUT2D eigenvalue weighted by Gasteiger charge is 2.43. The molecule has 2 aliphatic rings. The van der Waals surface area contributed by atoms with Crippen LogP contribution in [0.15, 0.2) is 18.2 Å². The Morgan fingerprint density at radius 3 is 2.76 bits per heavy atom. The van der Waals surface area contributed by atoms with Gasteiger partial charge in [-0.15, -0.1) is 10.2 Å². The molecule has 37 heavy (non-hydrogen) atoms. The molecule has 4 N–H and O–H groups in total. The molecule has 4 atom stereocenters. The van der Waals surface area contributed by atoms with Crippen molar-refractivity contribution in [1.29, 1.82) is 0 Å². The third kappa shape index (κ3) is 6.13. The molecule has 0 saturated carbocycles. The standard InChI is InChI=1S/C25H37N9O3/c1-5-15(2)19(28-22(35)14-33(3)4)12-26-18-10-9-16-7-6-8-17-11-20(34(23(16)17)25(18)37)24(36)27-13-21-29-31-32-30-21/h6-8,15,18-20,26H,5,9-14H2,1-4H3,(H,27,36)(H,28,35)(H,29,30,31,32)/t15-,18-,19+,20-/m0/s1. The van der Waals surface area contributed by atoms with E-state index in [1.165, 1.54) is 0 Å². The second kappa shape index (κ2) is 11.8. The number of aromatic nitrogens is 4. The first-order chi connectivity index (χ1) is 17.8. The number of hydrogen-bond donors (Lipinski definition) is 4. The van der Waals surface area contributed by atoms with Gasteiger partial charge >= 0.3 is 0 Å². The normalized spacial score (nSPS) is 20.4. The lowest BCUT2D eigenvalue weighted by Crippen LogP contribution is -2.56. The van der Waals surface area contributed by atoms with Gasteiger partial charge < -0.3 is 20.9 Å². The number of likely N-dealkylation sites (N-methyl/N-ethyl adjacent to an activating group) is 1. The fraction of sp³-hybridized carbons (Fsp3) is 0.600. The summed E-state index contributed by atoms with van der Waals surface area (Å²) < 4.78 is 0. The number of anilines is 1. The van der Waals surface area contributed by atoms with E-state index in [1.807, 2.05) is 37.2 Å².